The zero-order valence-electron chi connectivity index (χ0n) is 70.9. The predicted molar refractivity (Wildman–Crippen MR) is 435 cm³/mol. The molecule has 6 amide bonds. The van der Waals surface area contributed by atoms with Gasteiger partial charge in [-0.25, -0.2) is 4.79 Å². The second kappa shape index (κ2) is 75.0. The Morgan fingerprint density at radius 1 is 0.282 bits per heavy atom. The molecule has 0 radical (unpaired) electrons. The van der Waals surface area contributed by atoms with Gasteiger partial charge < -0.3 is 90.2 Å². The fourth-order valence-electron chi connectivity index (χ4n) is 12.2. The highest BCUT2D eigenvalue weighted by molar-refractivity contribution is 5.93. The summed E-state index contributed by atoms with van der Waals surface area (Å²) >= 11 is 0. The first-order valence-corrected chi connectivity index (χ1v) is 42.8. The van der Waals surface area contributed by atoms with Crippen LogP contribution in [0.2, 0.25) is 0 Å². The smallest absolute Gasteiger partial charge is 0.326 e. The molecule has 117 heavy (non-hydrogen) atoms. The molecule has 0 rings (SSSR count). The molecular formula is C84H146N6O27. The van der Waals surface area contributed by atoms with E-state index in [9.17, 15) is 82.1 Å². The molecule has 0 unspecified atom stereocenters. The van der Waals surface area contributed by atoms with Crippen LogP contribution in [0.1, 0.15) is 278 Å². The van der Waals surface area contributed by atoms with E-state index < -0.39 is 77.3 Å². The van der Waals surface area contributed by atoms with Gasteiger partial charge in [-0.1, -0.05) is 136 Å². The third-order valence-electron chi connectivity index (χ3n) is 19.2. The molecule has 0 fully saturated rings. The molecule has 0 aliphatic heterocycles. The van der Waals surface area contributed by atoms with E-state index in [1.807, 2.05) is 0 Å². The van der Waals surface area contributed by atoms with Crippen LogP contribution in [0.3, 0.4) is 0 Å². The minimum Gasteiger partial charge on any atom is -0.481 e. The molecule has 0 saturated carbocycles. The van der Waals surface area contributed by atoms with Gasteiger partial charge in [0, 0.05) is 121 Å². The van der Waals surface area contributed by atoms with Crippen LogP contribution >= 0.6 is 0 Å². The number of carboxylic acid groups (broad SMARTS) is 4. The standard InChI is InChI=1S/C84H146N6O27/c1-65(91)66(30-25-27-41-85-78(100)63-116-56-52-113-49-45-89-76(98)40-37-68(82(106)107)58-70(93)61-114-54-51-111-47-43-87-74(96)33-21-17-13-9-5-7-11-15-19-23-35-80(102)103)59-72(94)67(60-73(95)84(2,3)4)31-26-28-42-86-77(99)62-115-55-50-110-46-29-32-69(92)38-39-71(83(108)109)90-79(101)64-117-57-53-112-48-44-88-75(97)34-22-18-14-10-6-8-12-16-20-24-36-81(104)105/h66-68,71H,5-64H2,1-4H3,(H,85,100)(H,86,99)(H,87,96)(H,88,97)(H,89,98)(H,90,101)(H,102,103)(H,104,105)(H,106,107)(H,108,109)/t66-,67-,68-,71+/m1/s1. The van der Waals surface area contributed by atoms with Crippen LogP contribution in [0, 0.1) is 23.2 Å². The van der Waals surface area contributed by atoms with Gasteiger partial charge in [0.2, 0.25) is 35.4 Å². The lowest BCUT2D eigenvalue weighted by Crippen LogP contribution is -2.42. The van der Waals surface area contributed by atoms with Crippen molar-refractivity contribution in [2.45, 2.75) is 284 Å². The van der Waals surface area contributed by atoms with E-state index in [-0.39, 0.29) is 217 Å². The molecule has 33 nitrogen and oxygen atoms in total. The summed E-state index contributed by atoms with van der Waals surface area (Å²) in [5, 5.41) is 52.8. The van der Waals surface area contributed by atoms with Crippen LogP contribution in [0.4, 0.5) is 0 Å². The Bertz CT molecular complexity index is 2790. The molecule has 0 aliphatic carbocycles. The van der Waals surface area contributed by atoms with Gasteiger partial charge in [0.15, 0.2) is 5.78 Å². The largest absolute Gasteiger partial charge is 0.481 e. The van der Waals surface area contributed by atoms with Gasteiger partial charge in [0.25, 0.3) is 0 Å². The van der Waals surface area contributed by atoms with Crippen LogP contribution < -0.4 is 31.9 Å². The Balaban J connectivity index is 4.23. The number of rotatable bonds is 86. The lowest BCUT2D eigenvalue weighted by atomic mass is 9.79. The zero-order valence-corrected chi connectivity index (χ0v) is 70.9. The number of hydrogen-bond acceptors (Lipinski definition) is 23. The van der Waals surface area contributed by atoms with Crippen molar-refractivity contribution in [3.8, 4) is 0 Å². The van der Waals surface area contributed by atoms with Gasteiger partial charge in [-0.2, -0.15) is 0 Å². The second-order valence-electron chi connectivity index (χ2n) is 30.8. The van der Waals surface area contributed by atoms with E-state index in [2.05, 4.69) is 31.9 Å². The van der Waals surface area contributed by atoms with Crippen molar-refractivity contribution in [3.05, 3.63) is 0 Å². The summed E-state index contributed by atoms with van der Waals surface area (Å²) in [5.74, 6) is -9.18. The number of ether oxygens (including phenoxy) is 8. The normalized spacial score (nSPS) is 12.4. The first kappa shape index (κ1) is 110. The van der Waals surface area contributed by atoms with Crippen molar-refractivity contribution in [2.75, 3.05) is 138 Å². The highest BCUT2D eigenvalue weighted by atomic mass is 16.5. The fraction of sp³-hybridized carbons (Fsp3) is 0.821. The van der Waals surface area contributed by atoms with Crippen molar-refractivity contribution in [1.29, 1.82) is 0 Å². The topological polar surface area (TPSA) is 483 Å². The minimum absolute atomic E-state index is 0.0242. The van der Waals surface area contributed by atoms with Crippen molar-refractivity contribution < 1.29 is 130 Å². The highest BCUT2D eigenvalue weighted by Gasteiger charge is 2.31. The maximum absolute atomic E-state index is 13.8. The lowest BCUT2D eigenvalue weighted by Gasteiger charge is -2.23. The number of hydrogen-bond donors (Lipinski definition) is 10. The van der Waals surface area contributed by atoms with Crippen molar-refractivity contribution in [3.63, 3.8) is 0 Å². The fourth-order valence-corrected chi connectivity index (χ4v) is 12.2. The van der Waals surface area contributed by atoms with E-state index in [1.54, 1.807) is 20.8 Å². The SMILES string of the molecule is CC(=O)[C@H](CCCCNC(=O)COCCOCCNC(=O)CC[C@H](CC(=O)COCCOCCNC(=O)CCCCCCCCCCCCC(=O)O)C(=O)O)CC(=O)[C@H](CCCCNC(=O)COCCOCCCC(=O)CC[C@H](NC(=O)COCCOCCNC(=O)CCCCCCCCCCCCC(=O)O)C(=O)O)CC(=O)C(C)(C)C. The first-order chi connectivity index (χ1) is 56.1. The summed E-state index contributed by atoms with van der Waals surface area (Å²) in [6.07, 6.45) is 24.4. The maximum atomic E-state index is 13.8. The molecule has 0 saturated heterocycles. The van der Waals surface area contributed by atoms with E-state index in [0.29, 0.717) is 84.0 Å². The number of aliphatic carboxylic acids is 4. The molecular weight excluding hydrogens is 1520 g/mol. The number of carbonyl (C=O) groups is 15. The van der Waals surface area contributed by atoms with E-state index >= 15 is 0 Å². The monoisotopic (exact) mass is 1670 g/mol. The first-order valence-electron chi connectivity index (χ1n) is 42.8. The van der Waals surface area contributed by atoms with Gasteiger partial charge in [-0.15, -0.1) is 0 Å². The number of unbranched alkanes of at least 4 members (excludes halogenated alkanes) is 20. The average Bonchev–Trinajstić information content (AvgIpc) is 0.865. The highest BCUT2D eigenvalue weighted by Crippen LogP contribution is 2.27. The molecule has 0 aliphatic rings. The predicted octanol–water partition coefficient (Wildman–Crippen LogP) is 8.50. The van der Waals surface area contributed by atoms with Crippen molar-refractivity contribution >= 4 is 88.2 Å². The molecule has 0 aromatic heterocycles. The number of ketones is 5. The van der Waals surface area contributed by atoms with E-state index in [1.165, 1.54) is 6.92 Å². The summed E-state index contributed by atoms with van der Waals surface area (Å²) in [4.78, 5) is 183. The minimum atomic E-state index is -1.29. The average molecular weight is 1670 g/mol. The number of Topliss-reactive ketones (excluding diaryl/α,β-unsaturated/α-hetero) is 5. The summed E-state index contributed by atoms with van der Waals surface area (Å²) in [6, 6.07) is -1.29. The quantitative estimate of drug-likeness (QED) is 0.0255. The number of nitrogens with one attached hydrogen (secondary N) is 6. The third-order valence-corrected chi connectivity index (χ3v) is 19.2. The summed E-state index contributed by atoms with van der Waals surface area (Å²) < 4.78 is 43.3. The van der Waals surface area contributed by atoms with Gasteiger partial charge in [-0.05, 0) is 77.6 Å². The van der Waals surface area contributed by atoms with Crippen LogP contribution in [0.5, 0.6) is 0 Å². The summed E-state index contributed by atoms with van der Waals surface area (Å²) in [6.45, 7) is 8.86. The van der Waals surface area contributed by atoms with E-state index in [4.69, 9.17) is 48.1 Å². The zero-order chi connectivity index (χ0) is 86.8. The molecule has 674 valence electrons. The van der Waals surface area contributed by atoms with Gasteiger partial charge in [-0.3, -0.25) is 67.1 Å². The maximum Gasteiger partial charge on any atom is 0.326 e. The molecule has 33 heteroatoms. The number of amides is 6. The molecule has 4 atom stereocenters. The van der Waals surface area contributed by atoms with Crippen molar-refractivity contribution in [2.24, 2.45) is 23.2 Å². The molecule has 0 heterocycles. The molecule has 0 aromatic rings. The van der Waals surface area contributed by atoms with Gasteiger partial charge >= 0.3 is 23.9 Å². The van der Waals surface area contributed by atoms with E-state index in [0.717, 1.165) is 128 Å². The Morgan fingerprint density at radius 3 is 1.05 bits per heavy atom. The number of carbonyl (C=O) groups excluding carboxylic acids is 11. The third kappa shape index (κ3) is 72.5. The molecule has 0 bridgehead atoms. The Hall–Kier alpha value is -7.27. The van der Waals surface area contributed by atoms with Crippen LogP contribution in [0.15, 0.2) is 0 Å². The lowest BCUT2D eigenvalue weighted by molar-refractivity contribution is -0.145. The summed E-state index contributed by atoms with van der Waals surface area (Å²) in [5.41, 5.74) is -0.686. The van der Waals surface area contributed by atoms with Gasteiger partial charge in [0.1, 0.15) is 55.6 Å². The van der Waals surface area contributed by atoms with Crippen LogP contribution in [-0.4, -0.2) is 253 Å². The molecule has 0 aromatic carbocycles. The molecule has 10 N–H and O–H groups in total. The second-order valence-corrected chi connectivity index (χ2v) is 30.8. The Labute approximate surface area is 693 Å². The Kier molecular flexibility index (Phi) is 70.3. The van der Waals surface area contributed by atoms with Crippen LogP contribution in [-0.2, 0) is 110 Å². The number of carboxylic acids is 4. The van der Waals surface area contributed by atoms with Crippen molar-refractivity contribution in [1.82, 2.24) is 31.9 Å². The van der Waals surface area contributed by atoms with Gasteiger partial charge in [0.05, 0.1) is 78.6 Å². The molecule has 0 spiro atoms. The Morgan fingerprint density at radius 2 is 0.650 bits per heavy atom. The van der Waals surface area contributed by atoms with Crippen LogP contribution in [0.25, 0.3) is 0 Å². The summed E-state index contributed by atoms with van der Waals surface area (Å²) in [7, 11) is 0.